The second-order valence-corrected chi connectivity index (χ2v) is 2.46. The summed E-state index contributed by atoms with van der Waals surface area (Å²) in [4.78, 5) is 21.3. The van der Waals surface area contributed by atoms with Gasteiger partial charge in [-0.2, -0.15) is 4.57 Å². The zero-order valence-electron chi connectivity index (χ0n) is 7.31. The lowest BCUT2D eigenvalue weighted by molar-refractivity contribution is -0.684. The first-order chi connectivity index (χ1) is 6.18. The van der Waals surface area contributed by atoms with Gasteiger partial charge in [-0.25, -0.2) is 4.79 Å². The second-order valence-electron chi connectivity index (χ2n) is 2.46. The standard InChI is InChI=1S/C8H9N3O2.ClH/c9-8(13)10-7(12)6-11-4-2-1-3-5-11;/h1-5H,6H2,(H2-,9,10,12,13);1H. The van der Waals surface area contributed by atoms with E-state index in [1.807, 2.05) is 11.4 Å². The summed E-state index contributed by atoms with van der Waals surface area (Å²) in [6.07, 6.45) is 3.45. The van der Waals surface area contributed by atoms with Crippen LogP contribution < -0.4 is 28.0 Å². The van der Waals surface area contributed by atoms with Crippen molar-refractivity contribution in [1.82, 2.24) is 5.32 Å². The number of urea groups is 1. The Labute approximate surface area is 87.3 Å². The van der Waals surface area contributed by atoms with Gasteiger partial charge in [-0.3, -0.25) is 10.1 Å². The number of amides is 3. The Morgan fingerprint density at radius 1 is 1.21 bits per heavy atom. The minimum Gasteiger partial charge on any atom is -1.00 e. The predicted octanol–water partition coefficient (Wildman–Crippen LogP) is -3.83. The van der Waals surface area contributed by atoms with Gasteiger partial charge in [0, 0.05) is 12.1 Å². The number of aromatic nitrogens is 1. The van der Waals surface area contributed by atoms with Crippen molar-refractivity contribution in [3.63, 3.8) is 0 Å². The highest BCUT2D eigenvalue weighted by atomic mass is 35.5. The topological polar surface area (TPSA) is 76.1 Å². The number of nitrogens with two attached hydrogens (primary N) is 1. The van der Waals surface area contributed by atoms with Crippen molar-refractivity contribution in [3.05, 3.63) is 30.6 Å². The Hall–Kier alpha value is -1.62. The fourth-order valence-electron chi connectivity index (χ4n) is 0.882. The van der Waals surface area contributed by atoms with E-state index in [-0.39, 0.29) is 19.0 Å². The number of nitrogens with zero attached hydrogens (tertiary/aromatic N) is 1. The highest BCUT2D eigenvalue weighted by Gasteiger charge is 2.09. The van der Waals surface area contributed by atoms with Gasteiger partial charge >= 0.3 is 6.03 Å². The summed E-state index contributed by atoms with van der Waals surface area (Å²) < 4.78 is 1.64. The number of halogens is 1. The van der Waals surface area contributed by atoms with E-state index in [0.29, 0.717) is 0 Å². The quantitative estimate of drug-likeness (QED) is 0.496. The Balaban J connectivity index is 0.00000169. The molecule has 0 aliphatic heterocycles. The number of carbonyl (C=O) groups excluding carboxylic acids is 2. The summed E-state index contributed by atoms with van der Waals surface area (Å²) in [7, 11) is 0. The number of primary amides is 1. The van der Waals surface area contributed by atoms with Crippen molar-refractivity contribution in [2.24, 2.45) is 5.73 Å². The van der Waals surface area contributed by atoms with E-state index in [1.54, 1.807) is 29.1 Å². The Bertz CT molecular complexity index is 316. The molecule has 0 radical (unpaired) electrons. The summed E-state index contributed by atoms with van der Waals surface area (Å²) >= 11 is 0. The van der Waals surface area contributed by atoms with Crippen LogP contribution in [-0.4, -0.2) is 11.9 Å². The van der Waals surface area contributed by atoms with E-state index >= 15 is 0 Å². The molecule has 5 nitrogen and oxygen atoms in total. The molecular weight excluding hydrogens is 206 g/mol. The van der Waals surface area contributed by atoms with Gasteiger partial charge in [0.05, 0.1) is 0 Å². The average Bonchev–Trinajstić information content (AvgIpc) is 2.04. The molecule has 0 saturated carbocycles. The molecular formula is C8H10ClN3O2. The van der Waals surface area contributed by atoms with Gasteiger partial charge in [0.15, 0.2) is 12.4 Å². The molecule has 1 rings (SSSR count). The number of hydrogen-bond donors (Lipinski definition) is 2. The highest BCUT2D eigenvalue weighted by Crippen LogP contribution is 1.76. The SMILES string of the molecule is NC(=O)NC(=O)C[n+]1ccccc1.[Cl-]. The smallest absolute Gasteiger partial charge is 0.319 e. The summed E-state index contributed by atoms with van der Waals surface area (Å²) in [6.45, 7) is 0.0871. The van der Waals surface area contributed by atoms with E-state index in [9.17, 15) is 9.59 Å². The third-order valence-electron chi connectivity index (χ3n) is 1.37. The van der Waals surface area contributed by atoms with Crippen molar-refractivity contribution < 1.29 is 26.6 Å². The molecule has 1 aromatic rings. The molecule has 0 atom stereocenters. The third kappa shape index (κ3) is 4.42. The van der Waals surface area contributed by atoms with E-state index in [1.165, 1.54) is 0 Å². The Kier molecular flexibility index (Phi) is 5.24. The first kappa shape index (κ1) is 12.4. The molecule has 0 aromatic carbocycles. The number of pyridine rings is 1. The monoisotopic (exact) mass is 215 g/mol. The fraction of sp³-hybridized carbons (Fsp3) is 0.125. The lowest BCUT2D eigenvalue weighted by Crippen LogP contribution is -3.00. The van der Waals surface area contributed by atoms with Crippen LogP contribution in [0.4, 0.5) is 4.79 Å². The van der Waals surface area contributed by atoms with E-state index in [4.69, 9.17) is 5.73 Å². The van der Waals surface area contributed by atoms with Crippen molar-refractivity contribution >= 4 is 11.9 Å². The van der Waals surface area contributed by atoms with Gasteiger partial charge < -0.3 is 18.1 Å². The maximum Gasteiger partial charge on any atom is 0.319 e. The number of nitrogens with one attached hydrogen (secondary N) is 1. The van der Waals surface area contributed by atoms with Gasteiger partial charge in [0.25, 0.3) is 5.91 Å². The van der Waals surface area contributed by atoms with Crippen LogP contribution in [-0.2, 0) is 11.3 Å². The number of rotatable bonds is 2. The number of carbonyl (C=O) groups is 2. The molecule has 3 N–H and O–H groups in total. The first-order valence-electron chi connectivity index (χ1n) is 3.72. The second kappa shape index (κ2) is 5.93. The van der Waals surface area contributed by atoms with Crippen molar-refractivity contribution in [1.29, 1.82) is 0 Å². The zero-order chi connectivity index (χ0) is 9.68. The number of hydrogen-bond acceptors (Lipinski definition) is 2. The van der Waals surface area contributed by atoms with Crippen LogP contribution in [0.1, 0.15) is 0 Å². The van der Waals surface area contributed by atoms with Crippen LogP contribution in [0.3, 0.4) is 0 Å². The van der Waals surface area contributed by atoms with E-state index in [0.717, 1.165) is 0 Å². The molecule has 0 bridgehead atoms. The normalized spacial score (nSPS) is 8.57. The van der Waals surface area contributed by atoms with Crippen molar-refractivity contribution in [2.45, 2.75) is 6.54 Å². The highest BCUT2D eigenvalue weighted by molar-refractivity contribution is 5.92. The summed E-state index contributed by atoms with van der Waals surface area (Å²) in [6, 6.07) is 4.58. The third-order valence-corrected chi connectivity index (χ3v) is 1.37. The average molecular weight is 216 g/mol. The molecule has 14 heavy (non-hydrogen) atoms. The molecule has 0 spiro atoms. The van der Waals surface area contributed by atoms with Crippen molar-refractivity contribution in [3.8, 4) is 0 Å². The Morgan fingerprint density at radius 2 is 1.79 bits per heavy atom. The van der Waals surface area contributed by atoms with E-state index in [2.05, 4.69) is 0 Å². The molecule has 0 fully saturated rings. The molecule has 0 unspecified atom stereocenters. The van der Waals surface area contributed by atoms with Crippen LogP contribution >= 0.6 is 0 Å². The maximum atomic E-state index is 11.0. The predicted molar refractivity (Wildman–Crippen MR) is 44.4 cm³/mol. The minimum absolute atomic E-state index is 0. The van der Waals surface area contributed by atoms with Crippen LogP contribution in [0.15, 0.2) is 30.6 Å². The first-order valence-corrected chi connectivity index (χ1v) is 3.72. The maximum absolute atomic E-state index is 11.0. The van der Waals surface area contributed by atoms with Crippen LogP contribution in [0.25, 0.3) is 0 Å². The molecule has 76 valence electrons. The zero-order valence-corrected chi connectivity index (χ0v) is 8.07. The molecule has 1 heterocycles. The molecule has 0 aliphatic rings. The van der Waals surface area contributed by atoms with Gasteiger partial charge in [-0.05, 0) is 0 Å². The summed E-state index contributed by atoms with van der Waals surface area (Å²) in [5.41, 5.74) is 4.77. The summed E-state index contributed by atoms with van der Waals surface area (Å²) in [5.74, 6) is -0.427. The number of imide groups is 1. The van der Waals surface area contributed by atoms with Gasteiger partial charge in [0.2, 0.25) is 6.54 Å². The van der Waals surface area contributed by atoms with Crippen LogP contribution in [0, 0.1) is 0 Å². The molecule has 0 aliphatic carbocycles. The lowest BCUT2D eigenvalue weighted by atomic mass is 10.4. The van der Waals surface area contributed by atoms with Gasteiger partial charge in [-0.1, -0.05) is 6.07 Å². The minimum atomic E-state index is -0.832. The molecule has 3 amide bonds. The van der Waals surface area contributed by atoms with E-state index < -0.39 is 11.9 Å². The van der Waals surface area contributed by atoms with Crippen LogP contribution in [0.2, 0.25) is 0 Å². The fourth-order valence-corrected chi connectivity index (χ4v) is 0.882. The summed E-state index contributed by atoms with van der Waals surface area (Å²) in [5, 5.41) is 1.97. The lowest BCUT2D eigenvalue weighted by Gasteiger charge is -1.96. The molecule has 1 aromatic heterocycles. The van der Waals surface area contributed by atoms with Gasteiger partial charge in [-0.15, -0.1) is 0 Å². The molecule has 0 saturated heterocycles. The van der Waals surface area contributed by atoms with Crippen LogP contribution in [0.5, 0.6) is 0 Å². The Morgan fingerprint density at radius 3 is 2.29 bits per heavy atom. The van der Waals surface area contributed by atoms with Gasteiger partial charge in [0.1, 0.15) is 0 Å². The molecule has 6 heteroatoms. The van der Waals surface area contributed by atoms with Crippen molar-refractivity contribution in [2.75, 3.05) is 0 Å². The largest absolute Gasteiger partial charge is 1.00 e.